The van der Waals surface area contributed by atoms with Crippen molar-refractivity contribution in [3.8, 4) is 0 Å². The number of alkyl halides is 3. The Hall–Kier alpha value is -2.14. The monoisotopic (exact) mass is 294 g/mol. The van der Waals surface area contributed by atoms with Gasteiger partial charge in [0.05, 0.1) is 5.56 Å². The number of Topliss-reactive ketones (excluding diaryl/α,β-unsaturated/α-hetero) is 1. The Kier molecular flexibility index (Phi) is 4.43. The molecule has 0 radical (unpaired) electrons. The van der Waals surface area contributed by atoms with Crippen LogP contribution in [-0.4, -0.2) is 12.9 Å². The molecule has 5 heteroatoms. The third kappa shape index (κ3) is 3.49. The van der Waals surface area contributed by atoms with E-state index in [9.17, 15) is 18.0 Å². The molecular weight excluding hydrogens is 281 g/mol. The fourth-order valence-electron chi connectivity index (χ4n) is 2.00. The molecule has 0 spiro atoms. The molecule has 1 atom stereocenters. The van der Waals surface area contributed by atoms with Crippen molar-refractivity contribution >= 4 is 5.78 Å². The van der Waals surface area contributed by atoms with Crippen molar-refractivity contribution in [1.29, 1.82) is 0 Å². The van der Waals surface area contributed by atoms with E-state index in [0.717, 1.165) is 12.1 Å². The molecule has 0 aliphatic heterocycles. The lowest BCUT2D eigenvalue weighted by Crippen LogP contribution is -2.15. The van der Waals surface area contributed by atoms with Gasteiger partial charge in [-0.25, -0.2) is 0 Å². The molecule has 0 aliphatic rings. The first-order valence-corrected chi connectivity index (χ1v) is 6.22. The molecule has 0 amide bonds. The summed E-state index contributed by atoms with van der Waals surface area (Å²) in [5.41, 5.74) is 0.0522. The molecule has 0 heterocycles. The van der Waals surface area contributed by atoms with Crippen LogP contribution in [0.25, 0.3) is 0 Å². The summed E-state index contributed by atoms with van der Waals surface area (Å²) in [5, 5.41) is 0. The van der Waals surface area contributed by atoms with E-state index in [1.807, 2.05) is 0 Å². The van der Waals surface area contributed by atoms with Crippen molar-refractivity contribution in [3.63, 3.8) is 0 Å². The molecule has 110 valence electrons. The van der Waals surface area contributed by atoms with Gasteiger partial charge in [-0.15, -0.1) is 0 Å². The van der Waals surface area contributed by atoms with Crippen LogP contribution in [-0.2, 0) is 10.9 Å². The summed E-state index contributed by atoms with van der Waals surface area (Å²) in [6.45, 7) is 0. The van der Waals surface area contributed by atoms with Crippen molar-refractivity contribution in [2.24, 2.45) is 0 Å². The van der Waals surface area contributed by atoms with Crippen molar-refractivity contribution in [2.45, 2.75) is 12.3 Å². The van der Waals surface area contributed by atoms with Crippen LogP contribution >= 0.6 is 0 Å². The van der Waals surface area contributed by atoms with E-state index in [-0.39, 0.29) is 11.3 Å². The minimum Gasteiger partial charge on any atom is -0.369 e. The molecule has 0 N–H and O–H groups in total. The van der Waals surface area contributed by atoms with Gasteiger partial charge in [-0.2, -0.15) is 13.2 Å². The molecule has 2 nitrogen and oxygen atoms in total. The van der Waals surface area contributed by atoms with Crippen LogP contribution in [0.4, 0.5) is 13.2 Å². The fraction of sp³-hybridized carbons (Fsp3) is 0.188. The highest BCUT2D eigenvalue weighted by Gasteiger charge is 2.30. The van der Waals surface area contributed by atoms with E-state index in [1.54, 1.807) is 30.3 Å². The smallest absolute Gasteiger partial charge is 0.369 e. The lowest BCUT2D eigenvalue weighted by molar-refractivity contribution is -0.137. The molecule has 0 saturated heterocycles. The van der Waals surface area contributed by atoms with Crippen LogP contribution in [0.3, 0.4) is 0 Å². The number of methoxy groups -OCH3 is 1. The predicted octanol–water partition coefficient (Wildman–Crippen LogP) is 4.28. The highest BCUT2D eigenvalue weighted by atomic mass is 19.4. The molecule has 1 unspecified atom stereocenters. The predicted molar refractivity (Wildman–Crippen MR) is 72.0 cm³/mol. The highest BCUT2D eigenvalue weighted by Crippen LogP contribution is 2.30. The molecule has 21 heavy (non-hydrogen) atoms. The quantitative estimate of drug-likeness (QED) is 0.787. The number of benzene rings is 2. The zero-order chi connectivity index (χ0) is 15.5. The summed E-state index contributed by atoms with van der Waals surface area (Å²) in [6, 6.07) is 12.9. The molecule has 0 fully saturated rings. The van der Waals surface area contributed by atoms with E-state index in [4.69, 9.17) is 4.74 Å². The van der Waals surface area contributed by atoms with Gasteiger partial charge in [0.15, 0.2) is 5.78 Å². The second-order valence-corrected chi connectivity index (χ2v) is 4.47. The summed E-state index contributed by atoms with van der Waals surface area (Å²) in [4.78, 5) is 12.3. The van der Waals surface area contributed by atoms with Gasteiger partial charge in [0.2, 0.25) is 0 Å². The summed E-state index contributed by atoms with van der Waals surface area (Å²) in [5.74, 6) is -0.377. The zero-order valence-electron chi connectivity index (χ0n) is 11.2. The van der Waals surface area contributed by atoms with E-state index < -0.39 is 17.8 Å². The Morgan fingerprint density at radius 2 is 1.57 bits per heavy atom. The topological polar surface area (TPSA) is 26.3 Å². The van der Waals surface area contributed by atoms with Crippen LogP contribution in [0.2, 0.25) is 0 Å². The number of hydrogen-bond donors (Lipinski definition) is 0. The molecule has 0 aliphatic carbocycles. The average molecular weight is 294 g/mol. The maximum absolute atomic E-state index is 12.5. The summed E-state index contributed by atoms with van der Waals surface area (Å²) < 4.78 is 42.7. The summed E-state index contributed by atoms with van der Waals surface area (Å²) in [7, 11) is 1.39. The van der Waals surface area contributed by atoms with Crippen LogP contribution in [0, 0.1) is 0 Å². The number of rotatable bonds is 4. The second kappa shape index (κ2) is 6.10. The van der Waals surface area contributed by atoms with Gasteiger partial charge in [-0.3, -0.25) is 4.79 Å². The number of hydrogen-bond acceptors (Lipinski definition) is 2. The van der Waals surface area contributed by atoms with Crippen molar-refractivity contribution < 1.29 is 22.7 Å². The summed E-state index contributed by atoms with van der Waals surface area (Å²) in [6.07, 6.45) is -5.25. The van der Waals surface area contributed by atoms with Gasteiger partial charge in [0.1, 0.15) is 6.10 Å². The van der Waals surface area contributed by atoms with Crippen molar-refractivity contribution in [3.05, 3.63) is 71.3 Å². The minimum atomic E-state index is -4.42. The van der Waals surface area contributed by atoms with Gasteiger partial charge in [0.25, 0.3) is 0 Å². The van der Waals surface area contributed by atoms with E-state index in [0.29, 0.717) is 5.56 Å². The lowest BCUT2D eigenvalue weighted by Gasteiger charge is -2.15. The Morgan fingerprint density at radius 1 is 1.00 bits per heavy atom. The van der Waals surface area contributed by atoms with E-state index in [2.05, 4.69) is 0 Å². The first-order valence-electron chi connectivity index (χ1n) is 6.22. The Morgan fingerprint density at radius 3 is 2.05 bits per heavy atom. The molecule has 2 rings (SSSR count). The van der Waals surface area contributed by atoms with Crippen LogP contribution < -0.4 is 0 Å². The second-order valence-electron chi connectivity index (χ2n) is 4.47. The lowest BCUT2D eigenvalue weighted by atomic mass is 9.99. The maximum atomic E-state index is 12.5. The van der Waals surface area contributed by atoms with Gasteiger partial charge >= 0.3 is 6.18 Å². The van der Waals surface area contributed by atoms with Crippen LogP contribution in [0.5, 0.6) is 0 Å². The van der Waals surface area contributed by atoms with Crippen molar-refractivity contribution in [1.82, 2.24) is 0 Å². The van der Waals surface area contributed by atoms with E-state index >= 15 is 0 Å². The zero-order valence-corrected chi connectivity index (χ0v) is 11.2. The number of ketones is 1. The fourth-order valence-corrected chi connectivity index (χ4v) is 2.00. The molecule has 0 bridgehead atoms. The molecule has 2 aromatic carbocycles. The third-order valence-corrected chi connectivity index (χ3v) is 3.07. The van der Waals surface area contributed by atoms with Gasteiger partial charge in [-0.05, 0) is 17.7 Å². The van der Waals surface area contributed by atoms with Gasteiger partial charge in [-0.1, -0.05) is 42.5 Å². The first-order chi connectivity index (χ1) is 9.93. The number of carbonyl (C=O) groups excluding carboxylic acids is 1. The molecular formula is C16H13F3O2. The average Bonchev–Trinajstić information content (AvgIpc) is 2.48. The van der Waals surface area contributed by atoms with Gasteiger partial charge < -0.3 is 4.74 Å². The number of halogens is 3. The third-order valence-electron chi connectivity index (χ3n) is 3.07. The Labute approximate surface area is 120 Å². The maximum Gasteiger partial charge on any atom is 0.416 e. The standard InChI is InChI=1S/C16H13F3O2/c1-21-15(12-5-3-2-4-6-12)14(20)11-7-9-13(10-8-11)16(17,18)19/h2-10,15H,1H3. The Balaban J connectivity index is 2.26. The van der Waals surface area contributed by atoms with Gasteiger partial charge in [0, 0.05) is 12.7 Å². The first kappa shape index (κ1) is 15.3. The number of carbonyl (C=O) groups is 1. The van der Waals surface area contributed by atoms with Crippen LogP contribution in [0.15, 0.2) is 54.6 Å². The largest absolute Gasteiger partial charge is 0.416 e. The van der Waals surface area contributed by atoms with Crippen molar-refractivity contribution in [2.75, 3.05) is 7.11 Å². The van der Waals surface area contributed by atoms with E-state index in [1.165, 1.54) is 19.2 Å². The molecule has 0 saturated carbocycles. The summed E-state index contributed by atoms with van der Waals surface area (Å²) >= 11 is 0. The van der Waals surface area contributed by atoms with Crippen LogP contribution in [0.1, 0.15) is 27.6 Å². The Bertz CT molecular complexity index is 604. The molecule has 2 aromatic rings. The minimum absolute atomic E-state index is 0.179. The molecule has 0 aromatic heterocycles. The highest BCUT2D eigenvalue weighted by molar-refractivity contribution is 6.00. The number of ether oxygens (including phenoxy) is 1. The SMILES string of the molecule is COC(C(=O)c1ccc(C(F)(F)F)cc1)c1ccccc1. The normalized spacial score (nSPS) is 13.0.